The zero-order valence-corrected chi connectivity index (χ0v) is 9.00. The quantitative estimate of drug-likeness (QED) is 0.831. The highest BCUT2D eigenvalue weighted by Crippen LogP contribution is 2.11. The first kappa shape index (κ1) is 11.8. The Labute approximate surface area is 101 Å². The highest BCUT2D eigenvalue weighted by atomic mass is 19.1. The Bertz CT molecular complexity index is 611. The molecule has 0 radical (unpaired) electrons. The Morgan fingerprint density at radius 2 is 1.56 bits per heavy atom. The molecule has 0 saturated carbocycles. The summed E-state index contributed by atoms with van der Waals surface area (Å²) in [5.41, 5.74) is -0.539. The Morgan fingerprint density at radius 3 is 2.11 bits per heavy atom. The minimum atomic E-state index is -1.34. The number of aromatic nitrogens is 2. The second-order valence-corrected chi connectivity index (χ2v) is 3.39. The molecule has 0 spiro atoms. The lowest BCUT2D eigenvalue weighted by Crippen LogP contribution is -2.13. The fourth-order valence-electron chi connectivity index (χ4n) is 1.40. The van der Waals surface area contributed by atoms with E-state index in [1.165, 1.54) is 24.5 Å². The van der Waals surface area contributed by atoms with Crippen molar-refractivity contribution in [2.75, 3.05) is 0 Å². The van der Waals surface area contributed by atoms with E-state index < -0.39 is 23.3 Å². The topological polar surface area (TPSA) is 80.2 Å². The van der Waals surface area contributed by atoms with E-state index in [-0.39, 0.29) is 11.3 Å². The van der Waals surface area contributed by atoms with Crippen LogP contribution in [0.1, 0.15) is 26.5 Å². The molecule has 18 heavy (non-hydrogen) atoms. The maximum atomic E-state index is 12.7. The molecular formula is C12H7FN2O3. The van der Waals surface area contributed by atoms with Crippen LogP contribution in [0.5, 0.6) is 0 Å². The number of carbonyl (C=O) groups is 2. The third-order valence-electron chi connectivity index (χ3n) is 2.22. The summed E-state index contributed by atoms with van der Waals surface area (Å²) in [6.45, 7) is 0. The van der Waals surface area contributed by atoms with Crippen LogP contribution < -0.4 is 0 Å². The van der Waals surface area contributed by atoms with Crippen molar-refractivity contribution in [3.8, 4) is 0 Å². The first-order valence-corrected chi connectivity index (χ1v) is 4.94. The van der Waals surface area contributed by atoms with E-state index in [1.807, 2.05) is 0 Å². The molecule has 0 unspecified atom stereocenters. The number of ketones is 1. The number of hydrogen-bond acceptors (Lipinski definition) is 4. The van der Waals surface area contributed by atoms with Gasteiger partial charge < -0.3 is 5.11 Å². The molecule has 1 heterocycles. The Kier molecular flexibility index (Phi) is 3.09. The summed E-state index contributed by atoms with van der Waals surface area (Å²) < 4.78 is 12.7. The predicted octanol–water partition coefficient (Wildman–Crippen LogP) is 1.54. The summed E-state index contributed by atoms with van der Waals surface area (Å²) in [6.07, 6.45) is 2.41. The summed E-state index contributed by atoms with van der Waals surface area (Å²) in [5, 5.41) is 8.89. The summed E-state index contributed by atoms with van der Waals surface area (Å²) in [6, 6.07) is 4.75. The monoisotopic (exact) mass is 246 g/mol. The Balaban J connectivity index is 2.46. The summed E-state index contributed by atoms with van der Waals surface area (Å²) in [4.78, 5) is 30.2. The van der Waals surface area contributed by atoms with Crippen LogP contribution in [-0.2, 0) is 0 Å². The second kappa shape index (κ2) is 4.70. The van der Waals surface area contributed by atoms with Crippen molar-refractivity contribution < 1.29 is 19.1 Å². The van der Waals surface area contributed by atoms with E-state index in [1.54, 1.807) is 0 Å². The molecule has 0 atom stereocenters. The molecule has 1 N–H and O–H groups in total. The van der Waals surface area contributed by atoms with Crippen molar-refractivity contribution >= 4 is 11.8 Å². The molecule has 5 nitrogen and oxygen atoms in total. The van der Waals surface area contributed by atoms with Gasteiger partial charge in [0.1, 0.15) is 11.5 Å². The van der Waals surface area contributed by atoms with E-state index in [4.69, 9.17) is 5.11 Å². The van der Waals surface area contributed by atoms with Gasteiger partial charge in [-0.2, -0.15) is 0 Å². The number of carboxylic acid groups (broad SMARTS) is 1. The van der Waals surface area contributed by atoms with E-state index >= 15 is 0 Å². The molecule has 0 aliphatic rings. The number of carboxylic acids is 1. The van der Waals surface area contributed by atoms with Crippen LogP contribution in [0.15, 0.2) is 36.7 Å². The molecule has 0 fully saturated rings. The van der Waals surface area contributed by atoms with Crippen molar-refractivity contribution in [1.82, 2.24) is 9.97 Å². The van der Waals surface area contributed by atoms with Gasteiger partial charge in [-0.3, -0.25) is 4.79 Å². The van der Waals surface area contributed by atoms with Crippen LogP contribution in [0.4, 0.5) is 4.39 Å². The Morgan fingerprint density at radius 1 is 1.00 bits per heavy atom. The Hall–Kier alpha value is -2.63. The number of halogens is 1. The predicted molar refractivity (Wildman–Crippen MR) is 58.8 cm³/mol. The minimum absolute atomic E-state index is 0.152. The number of rotatable bonds is 3. The summed E-state index contributed by atoms with van der Waals surface area (Å²) in [5.74, 6) is -2.43. The lowest BCUT2D eigenvalue weighted by Gasteiger charge is -2.02. The molecule has 90 valence electrons. The smallest absolute Gasteiger partial charge is 0.356 e. The van der Waals surface area contributed by atoms with E-state index in [9.17, 15) is 14.0 Å². The second-order valence-electron chi connectivity index (χ2n) is 3.39. The maximum absolute atomic E-state index is 12.7. The van der Waals surface area contributed by atoms with Gasteiger partial charge in [-0.1, -0.05) is 0 Å². The minimum Gasteiger partial charge on any atom is -0.476 e. The largest absolute Gasteiger partial charge is 0.476 e. The van der Waals surface area contributed by atoms with Gasteiger partial charge in [0.05, 0.1) is 0 Å². The van der Waals surface area contributed by atoms with Crippen molar-refractivity contribution in [2.24, 2.45) is 0 Å². The van der Waals surface area contributed by atoms with Gasteiger partial charge in [0.15, 0.2) is 5.69 Å². The average Bonchev–Trinajstić information content (AvgIpc) is 2.39. The molecule has 0 aliphatic carbocycles. The van der Waals surface area contributed by atoms with Crippen molar-refractivity contribution in [1.29, 1.82) is 0 Å². The zero-order valence-electron chi connectivity index (χ0n) is 9.00. The zero-order chi connectivity index (χ0) is 13.1. The van der Waals surface area contributed by atoms with Crippen LogP contribution in [0.2, 0.25) is 0 Å². The summed E-state index contributed by atoms with van der Waals surface area (Å²) in [7, 11) is 0. The van der Waals surface area contributed by atoms with Crippen molar-refractivity contribution in [3.63, 3.8) is 0 Å². The molecule has 0 aliphatic heterocycles. The van der Waals surface area contributed by atoms with Crippen LogP contribution in [-0.4, -0.2) is 26.8 Å². The number of nitrogens with zero attached hydrogens (tertiary/aromatic N) is 2. The number of carbonyl (C=O) groups excluding carboxylic acids is 1. The molecule has 0 amide bonds. The molecule has 0 bridgehead atoms. The lowest BCUT2D eigenvalue weighted by atomic mass is 10.1. The van der Waals surface area contributed by atoms with Crippen molar-refractivity contribution in [3.05, 3.63) is 59.4 Å². The highest BCUT2D eigenvalue weighted by molar-refractivity contribution is 6.12. The molecule has 1 aromatic carbocycles. The van der Waals surface area contributed by atoms with E-state index in [0.29, 0.717) is 0 Å². The summed E-state index contributed by atoms with van der Waals surface area (Å²) >= 11 is 0. The van der Waals surface area contributed by atoms with Gasteiger partial charge in [-0.05, 0) is 24.3 Å². The normalized spacial score (nSPS) is 10.1. The van der Waals surface area contributed by atoms with Crippen LogP contribution >= 0.6 is 0 Å². The molecule has 2 rings (SSSR count). The standard InChI is InChI=1S/C12H7FN2O3/c13-8-3-1-7(2-4-8)11(16)9-10(12(17)18)15-6-5-14-9/h1-6H,(H,17,18). The number of aromatic carboxylic acids is 1. The number of benzene rings is 1. The fourth-order valence-corrected chi connectivity index (χ4v) is 1.40. The number of hydrogen-bond donors (Lipinski definition) is 1. The van der Waals surface area contributed by atoms with Crippen LogP contribution in [0, 0.1) is 5.82 Å². The molecule has 6 heteroatoms. The lowest BCUT2D eigenvalue weighted by molar-refractivity contribution is 0.0685. The molecular weight excluding hydrogens is 239 g/mol. The van der Waals surface area contributed by atoms with E-state index in [2.05, 4.69) is 9.97 Å². The van der Waals surface area contributed by atoms with Gasteiger partial charge in [-0.15, -0.1) is 0 Å². The highest BCUT2D eigenvalue weighted by Gasteiger charge is 2.20. The van der Waals surface area contributed by atoms with Crippen LogP contribution in [0.3, 0.4) is 0 Å². The van der Waals surface area contributed by atoms with Crippen LogP contribution in [0.25, 0.3) is 0 Å². The SMILES string of the molecule is O=C(O)c1nccnc1C(=O)c1ccc(F)cc1. The van der Waals surface area contributed by atoms with Gasteiger partial charge in [-0.25, -0.2) is 19.2 Å². The van der Waals surface area contributed by atoms with E-state index in [0.717, 1.165) is 12.1 Å². The fraction of sp³-hybridized carbons (Fsp3) is 0. The maximum Gasteiger partial charge on any atom is 0.356 e. The van der Waals surface area contributed by atoms with Gasteiger partial charge >= 0.3 is 5.97 Å². The average molecular weight is 246 g/mol. The van der Waals surface area contributed by atoms with Crippen molar-refractivity contribution in [2.45, 2.75) is 0 Å². The first-order valence-electron chi connectivity index (χ1n) is 4.94. The first-order chi connectivity index (χ1) is 8.59. The van der Waals surface area contributed by atoms with Gasteiger partial charge in [0.2, 0.25) is 5.78 Å². The molecule has 2 aromatic rings. The molecule has 1 aromatic heterocycles. The molecule has 0 saturated heterocycles. The third-order valence-corrected chi connectivity index (χ3v) is 2.22. The van der Waals surface area contributed by atoms with Gasteiger partial charge in [0, 0.05) is 18.0 Å². The third kappa shape index (κ3) is 2.22. The van der Waals surface area contributed by atoms with Gasteiger partial charge in [0.25, 0.3) is 0 Å².